The molecule has 3 aliphatic rings. The molecule has 3 aliphatic heterocycles. The first kappa shape index (κ1) is 28.2. The van der Waals surface area contributed by atoms with E-state index in [9.17, 15) is 14.4 Å². The Morgan fingerprint density at radius 1 is 1.27 bits per heavy atom. The SMILES string of the molecule is C=C/C(=C\c1cc([C@]2(CN3Cc4ccc(OC)cc4C3=O)NC(=O)NC2=O)oc1C)CC(=C)N1CCC(N(C)C)C1. The number of carbonyl (C=O) groups excluding carboxylic acids is 3. The highest BCUT2D eigenvalue weighted by Crippen LogP contribution is 2.35. The number of likely N-dealkylation sites (N-methyl/N-ethyl adjacent to an activating group) is 1. The highest BCUT2D eigenvalue weighted by atomic mass is 16.5. The van der Waals surface area contributed by atoms with E-state index >= 15 is 0 Å². The van der Waals surface area contributed by atoms with Gasteiger partial charge in [0.25, 0.3) is 11.8 Å². The van der Waals surface area contributed by atoms with E-state index in [0.29, 0.717) is 36.1 Å². The summed E-state index contributed by atoms with van der Waals surface area (Å²) in [6, 6.07) is 6.92. The van der Waals surface area contributed by atoms with Crippen LogP contribution in [-0.2, 0) is 16.9 Å². The van der Waals surface area contributed by atoms with Crippen LogP contribution in [0.2, 0.25) is 0 Å². The lowest BCUT2D eigenvalue weighted by Crippen LogP contribution is -2.52. The van der Waals surface area contributed by atoms with Gasteiger partial charge in [0.1, 0.15) is 17.3 Å². The normalized spacial score (nSPS) is 22.3. The lowest BCUT2D eigenvalue weighted by Gasteiger charge is -2.29. The molecular formula is C31H37N5O5. The second kappa shape index (κ2) is 10.9. The van der Waals surface area contributed by atoms with Crippen LogP contribution in [-0.4, -0.2) is 79.4 Å². The van der Waals surface area contributed by atoms with Crippen LogP contribution in [0.4, 0.5) is 4.79 Å². The van der Waals surface area contributed by atoms with E-state index in [1.54, 1.807) is 36.1 Å². The van der Waals surface area contributed by atoms with Crippen LogP contribution >= 0.6 is 0 Å². The van der Waals surface area contributed by atoms with Gasteiger partial charge < -0.3 is 29.2 Å². The first-order chi connectivity index (χ1) is 19.5. The van der Waals surface area contributed by atoms with Crippen molar-refractivity contribution in [3.8, 4) is 5.75 Å². The first-order valence-electron chi connectivity index (χ1n) is 13.7. The molecule has 0 radical (unpaired) electrons. The molecule has 0 spiro atoms. The average Bonchev–Trinajstić information content (AvgIpc) is 3.70. The Kier molecular flexibility index (Phi) is 7.52. The number of ether oxygens (including phenoxy) is 1. The number of urea groups is 1. The van der Waals surface area contributed by atoms with E-state index in [0.717, 1.165) is 41.9 Å². The van der Waals surface area contributed by atoms with E-state index in [1.807, 2.05) is 12.1 Å². The zero-order chi connectivity index (χ0) is 29.5. The highest BCUT2D eigenvalue weighted by Gasteiger charge is 2.53. The van der Waals surface area contributed by atoms with Crippen LogP contribution in [0.3, 0.4) is 0 Å². The molecule has 4 heterocycles. The van der Waals surface area contributed by atoms with Gasteiger partial charge in [0.2, 0.25) is 0 Å². The number of hydrogen-bond donors (Lipinski definition) is 2. The minimum atomic E-state index is -1.58. The summed E-state index contributed by atoms with van der Waals surface area (Å²) in [6.45, 7) is 12.2. The number of rotatable bonds is 10. The van der Waals surface area contributed by atoms with Crippen molar-refractivity contribution in [2.45, 2.75) is 37.9 Å². The monoisotopic (exact) mass is 559 g/mol. The van der Waals surface area contributed by atoms with Crippen molar-refractivity contribution in [2.75, 3.05) is 40.8 Å². The summed E-state index contributed by atoms with van der Waals surface area (Å²) in [5.41, 5.74) is 2.47. The maximum absolute atomic E-state index is 13.3. The summed E-state index contributed by atoms with van der Waals surface area (Å²) in [5.74, 6) is 0.576. The van der Waals surface area contributed by atoms with Crippen molar-refractivity contribution in [3.05, 3.63) is 83.0 Å². The van der Waals surface area contributed by atoms with E-state index in [1.165, 1.54) is 7.11 Å². The predicted molar refractivity (Wildman–Crippen MR) is 155 cm³/mol. The van der Waals surface area contributed by atoms with Gasteiger partial charge in [-0.15, -0.1) is 0 Å². The van der Waals surface area contributed by atoms with Gasteiger partial charge in [-0.1, -0.05) is 25.3 Å². The van der Waals surface area contributed by atoms with Crippen LogP contribution < -0.4 is 15.4 Å². The maximum atomic E-state index is 13.3. The van der Waals surface area contributed by atoms with Crippen LogP contribution in [0.5, 0.6) is 5.75 Å². The summed E-state index contributed by atoms with van der Waals surface area (Å²) >= 11 is 0. The third kappa shape index (κ3) is 5.27. The topological polar surface area (TPSA) is 107 Å². The molecule has 5 rings (SSSR count). The number of furan rings is 1. The van der Waals surface area contributed by atoms with Crippen LogP contribution in [0.1, 0.15) is 45.8 Å². The van der Waals surface area contributed by atoms with Crippen molar-refractivity contribution in [1.29, 1.82) is 0 Å². The molecule has 10 nitrogen and oxygen atoms in total. The number of hydrogen-bond acceptors (Lipinski definition) is 7. The molecule has 4 amide bonds. The van der Waals surface area contributed by atoms with Gasteiger partial charge in [-0.25, -0.2) is 4.79 Å². The van der Waals surface area contributed by atoms with Crippen molar-refractivity contribution in [2.24, 2.45) is 0 Å². The number of benzene rings is 1. The van der Waals surface area contributed by atoms with Crippen molar-refractivity contribution < 1.29 is 23.5 Å². The minimum absolute atomic E-state index is 0.0936. The Morgan fingerprint density at radius 2 is 2.05 bits per heavy atom. The second-order valence-electron chi connectivity index (χ2n) is 11.1. The largest absolute Gasteiger partial charge is 0.497 e. The summed E-state index contributed by atoms with van der Waals surface area (Å²) in [7, 11) is 5.74. The second-order valence-corrected chi connectivity index (χ2v) is 11.1. The predicted octanol–water partition coefficient (Wildman–Crippen LogP) is 3.40. The molecule has 2 atom stereocenters. The Balaban J connectivity index is 1.39. The van der Waals surface area contributed by atoms with E-state index in [4.69, 9.17) is 9.15 Å². The molecule has 2 N–H and O–H groups in total. The van der Waals surface area contributed by atoms with Crippen LogP contribution in [0.15, 0.2) is 59.2 Å². The van der Waals surface area contributed by atoms with E-state index in [2.05, 4.69) is 47.7 Å². The number of imide groups is 1. The van der Waals surface area contributed by atoms with E-state index in [-0.39, 0.29) is 18.2 Å². The quantitative estimate of drug-likeness (QED) is 0.339. The lowest BCUT2D eigenvalue weighted by molar-refractivity contribution is -0.125. The Labute approximate surface area is 240 Å². The van der Waals surface area contributed by atoms with Gasteiger partial charge in [0.05, 0.1) is 13.7 Å². The maximum Gasteiger partial charge on any atom is 0.322 e. The zero-order valence-electron chi connectivity index (χ0n) is 24.1. The minimum Gasteiger partial charge on any atom is -0.497 e. The standard InChI is InChI=1S/C31H37N5O5/c1-7-21(12-19(2)35-11-10-24(17-35)34(4)5)13-23-14-27(41-20(23)3)31(29(38)32-30(39)33-31)18-36-16-22-8-9-25(40-6)15-26(22)28(36)37/h7-9,13-15,24H,1-2,10-12,16-18H2,3-6H3,(H2,32,33,38,39)/b21-13+/t24?,31-/m0/s1. The zero-order valence-corrected chi connectivity index (χ0v) is 24.1. The van der Waals surface area contributed by atoms with Gasteiger partial charge >= 0.3 is 6.03 Å². The summed E-state index contributed by atoms with van der Waals surface area (Å²) in [4.78, 5) is 45.0. The van der Waals surface area contributed by atoms with Gasteiger partial charge in [0.15, 0.2) is 5.54 Å². The molecule has 2 fully saturated rings. The molecule has 2 aromatic rings. The third-order valence-electron chi connectivity index (χ3n) is 8.29. The molecule has 41 heavy (non-hydrogen) atoms. The van der Waals surface area contributed by atoms with Crippen LogP contribution in [0.25, 0.3) is 6.08 Å². The van der Waals surface area contributed by atoms with Gasteiger partial charge in [0, 0.05) is 48.9 Å². The number of likely N-dealkylation sites (tertiary alicyclic amines) is 1. The van der Waals surface area contributed by atoms with Gasteiger partial charge in [-0.05, 0) is 62.9 Å². The Bertz CT molecular complexity index is 1460. The van der Waals surface area contributed by atoms with Crippen molar-refractivity contribution in [3.63, 3.8) is 0 Å². The smallest absolute Gasteiger partial charge is 0.322 e. The fourth-order valence-electron chi connectivity index (χ4n) is 5.77. The van der Waals surface area contributed by atoms with E-state index < -0.39 is 17.5 Å². The molecule has 10 heteroatoms. The molecule has 1 aromatic heterocycles. The number of aryl methyl sites for hydroxylation is 1. The molecule has 2 saturated heterocycles. The number of methoxy groups -OCH3 is 1. The van der Waals surface area contributed by atoms with Gasteiger partial charge in [-0.2, -0.15) is 0 Å². The molecule has 1 unspecified atom stereocenters. The summed E-state index contributed by atoms with van der Waals surface area (Å²) in [6.07, 6.45) is 5.48. The number of amides is 4. The number of nitrogens with one attached hydrogen (secondary N) is 2. The third-order valence-corrected chi connectivity index (χ3v) is 8.29. The molecule has 216 valence electrons. The molecule has 0 bridgehead atoms. The Hall–Kier alpha value is -4.31. The Morgan fingerprint density at radius 3 is 2.68 bits per heavy atom. The number of allylic oxidation sites excluding steroid dienone is 2. The molecule has 0 saturated carbocycles. The number of fused-ring (bicyclic) bond motifs is 1. The molecule has 1 aromatic carbocycles. The lowest BCUT2D eigenvalue weighted by atomic mass is 9.94. The van der Waals surface area contributed by atoms with Crippen molar-refractivity contribution >= 4 is 23.9 Å². The average molecular weight is 560 g/mol. The van der Waals surface area contributed by atoms with Gasteiger partial charge in [-0.3, -0.25) is 14.9 Å². The molecular weight excluding hydrogens is 522 g/mol. The van der Waals surface area contributed by atoms with Crippen molar-refractivity contribution in [1.82, 2.24) is 25.3 Å². The highest BCUT2D eigenvalue weighted by molar-refractivity contribution is 6.08. The fraction of sp³-hybridized carbons (Fsp3) is 0.387. The van der Waals surface area contributed by atoms with Crippen LogP contribution in [0, 0.1) is 6.92 Å². The number of nitrogens with zero attached hydrogens (tertiary/aromatic N) is 3. The first-order valence-corrected chi connectivity index (χ1v) is 13.7. The fourth-order valence-corrected chi connectivity index (χ4v) is 5.77. The molecule has 0 aliphatic carbocycles. The summed E-state index contributed by atoms with van der Waals surface area (Å²) < 4.78 is 11.4. The summed E-state index contributed by atoms with van der Waals surface area (Å²) in [5, 5.41) is 5.07. The number of carbonyl (C=O) groups is 3.